The number of aryl methyl sites for hydroxylation is 1. The third-order valence-electron chi connectivity index (χ3n) is 4.89. The molecule has 0 saturated heterocycles. The van der Waals surface area contributed by atoms with Crippen LogP contribution in [0.2, 0.25) is 0 Å². The molecule has 0 bridgehead atoms. The molecule has 2 aliphatic rings. The van der Waals surface area contributed by atoms with Gasteiger partial charge in [-0.1, -0.05) is 11.8 Å². The van der Waals surface area contributed by atoms with Crippen LogP contribution in [0.15, 0.2) is 52.0 Å². The number of fused-ring (bicyclic) bond motifs is 1. The number of nitrogens with one attached hydrogen (secondary N) is 1. The summed E-state index contributed by atoms with van der Waals surface area (Å²) in [5.74, 6) is 0.597. The average Bonchev–Trinajstić information content (AvgIpc) is 3.18. The molecule has 7 heteroatoms. The lowest BCUT2D eigenvalue weighted by atomic mass is 10.1. The third kappa shape index (κ3) is 2.88. The molecular weight excluding hydrogens is 372 g/mol. The summed E-state index contributed by atoms with van der Waals surface area (Å²) in [7, 11) is 1.64. The number of carbonyl (C=O) groups is 1. The lowest BCUT2D eigenvalue weighted by molar-refractivity contribution is -0.114. The van der Waals surface area contributed by atoms with Gasteiger partial charge in [0, 0.05) is 22.8 Å². The highest BCUT2D eigenvalue weighted by atomic mass is 32.2. The zero-order valence-corrected chi connectivity index (χ0v) is 16.9. The fourth-order valence-corrected chi connectivity index (χ4v) is 4.32. The molecule has 0 atom stereocenters. The summed E-state index contributed by atoms with van der Waals surface area (Å²) in [5.41, 5.74) is 5.15. The highest BCUT2D eigenvalue weighted by Gasteiger charge is 2.34. The van der Waals surface area contributed by atoms with Gasteiger partial charge in [0.25, 0.3) is 5.91 Å². The van der Waals surface area contributed by atoms with Gasteiger partial charge in [0.05, 0.1) is 12.7 Å². The van der Waals surface area contributed by atoms with Crippen LogP contribution in [0.5, 0.6) is 5.75 Å². The number of nitrogens with zero attached hydrogens (tertiary/aromatic N) is 3. The van der Waals surface area contributed by atoms with Gasteiger partial charge in [0.1, 0.15) is 11.6 Å². The van der Waals surface area contributed by atoms with Gasteiger partial charge in [0.15, 0.2) is 5.17 Å². The van der Waals surface area contributed by atoms with E-state index in [0.717, 1.165) is 34.1 Å². The molecule has 0 saturated carbocycles. The van der Waals surface area contributed by atoms with Crippen LogP contribution in [0.1, 0.15) is 23.9 Å². The number of carbonyl (C=O) groups excluding carboxylic acids is 1. The number of thioether (sulfide) groups is 1. The zero-order valence-electron chi connectivity index (χ0n) is 16.1. The molecule has 1 N–H and O–H groups in total. The predicted molar refractivity (Wildman–Crippen MR) is 113 cm³/mol. The maximum absolute atomic E-state index is 12.5. The molecule has 0 fully saturated rings. The maximum atomic E-state index is 12.5. The predicted octanol–water partition coefficient (Wildman–Crippen LogP) is 4.27. The van der Waals surface area contributed by atoms with Crippen molar-refractivity contribution in [1.82, 2.24) is 9.47 Å². The monoisotopic (exact) mass is 392 g/mol. The second kappa shape index (κ2) is 6.83. The van der Waals surface area contributed by atoms with Crippen LogP contribution in [-0.2, 0) is 4.79 Å². The average molecular weight is 392 g/mol. The molecule has 2 aromatic rings. The van der Waals surface area contributed by atoms with Gasteiger partial charge in [0.2, 0.25) is 0 Å². The van der Waals surface area contributed by atoms with Crippen molar-refractivity contribution in [1.29, 1.82) is 5.41 Å². The van der Waals surface area contributed by atoms with Crippen molar-refractivity contribution >= 4 is 34.7 Å². The number of rotatable bonds is 3. The van der Waals surface area contributed by atoms with E-state index >= 15 is 0 Å². The highest BCUT2D eigenvalue weighted by Crippen LogP contribution is 2.32. The van der Waals surface area contributed by atoms with E-state index in [1.165, 1.54) is 11.8 Å². The fraction of sp³-hybridized carbons (Fsp3) is 0.190. The molecule has 1 aromatic heterocycles. The summed E-state index contributed by atoms with van der Waals surface area (Å²) < 4.78 is 7.35. The van der Waals surface area contributed by atoms with Crippen LogP contribution in [-0.4, -0.2) is 33.5 Å². The molecule has 2 aliphatic heterocycles. The van der Waals surface area contributed by atoms with E-state index in [4.69, 9.17) is 10.1 Å². The van der Waals surface area contributed by atoms with Crippen LogP contribution in [0.25, 0.3) is 11.8 Å². The minimum Gasteiger partial charge on any atom is -0.497 e. The number of methoxy groups -OCH3 is 1. The fourth-order valence-electron chi connectivity index (χ4n) is 3.46. The Morgan fingerprint density at radius 2 is 1.89 bits per heavy atom. The van der Waals surface area contributed by atoms with Crippen LogP contribution < -0.4 is 4.74 Å². The van der Waals surface area contributed by atoms with Crippen LogP contribution in [0.3, 0.4) is 0 Å². The van der Waals surface area contributed by atoms with Gasteiger partial charge in [-0.05, 0) is 68.2 Å². The first-order chi connectivity index (χ1) is 13.4. The molecule has 142 valence electrons. The largest absolute Gasteiger partial charge is 0.497 e. The summed E-state index contributed by atoms with van der Waals surface area (Å²) in [4.78, 5) is 18.4. The summed E-state index contributed by atoms with van der Waals surface area (Å²) >= 11 is 1.37. The number of ether oxygens (including phenoxy) is 1. The van der Waals surface area contributed by atoms with Gasteiger partial charge in [-0.3, -0.25) is 15.1 Å². The van der Waals surface area contributed by atoms with Gasteiger partial charge >= 0.3 is 0 Å². The molecule has 0 spiro atoms. The van der Waals surface area contributed by atoms with E-state index in [-0.39, 0.29) is 11.7 Å². The zero-order chi connectivity index (χ0) is 20.0. The van der Waals surface area contributed by atoms with Crippen molar-refractivity contribution in [2.45, 2.75) is 20.8 Å². The number of aliphatic imine (C=N–C) groups is 1. The van der Waals surface area contributed by atoms with Crippen LogP contribution in [0, 0.1) is 19.3 Å². The molecule has 3 heterocycles. The standard InChI is InChI=1S/C21H20N4O2S/c1-12-9-15(14(3)24(12)16-5-7-17(27-4)8-6-16)10-18-19(22)25-13(2)11-28-21(25)23-20(18)26/h5-11,22H,1-4H3/b18-10+,22-19?. The summed E-state index contributed by atoms with van der Waals surface area (Å²) in [6, 6.07) is 9.85. The lowest BCUT2D eigenvalue weighted by Gasteiger charge is -2.25. The van der Waals surface area contributed by atoms with Gasteiger partial charge in [-0.25, -0.2) is 0 Å². The Labute approximate surface area is 167 Å². The molecule has 0 unspecified atom stereocenters. The Morgan fingerprint density at radius 3 is 2.57 bits per heavy atom. The van der Waals surface area contributed by atoms with Crippen molar-refractivity contribution in [3.8, 4) is 11.4 Å². The molecule has 4 rings (SSSR count). The molecule has 28 heavy (non-hydrogen) atoms. The number of benzene rings is 1. The topological polar surface area (TPSA) is 70.7 Å². The Morgan fingerprint density at radius 1 is 1.18 bits per heavy atom. The normalized spacial score (nSPS) is 17.7. The van der Waals surface area contributed by atoms with Crippen molar-refractivity contribution in [3.63, 3.8) is 0 Å². The molecule has 0 aliphatic carbocycles. The molecule has 0 radical (unpaired) electrons. The molecule has 6 nitrogen and oxygen atoms in total. The second-order valence-corrected chi connectivity index (χ2v) is 7.52. The quantitative estimate of drug-likeness (QED) is 0.792. The minimum atomic E-state index is -0.374. The van der Waals surface area contributed by atoms with E-state index in [1.54, 1.807) is 18.1 Å². The van der Waals surface area contributed by atoms with Crippen molar-refractivity contribution in [2.75, 3.05) is 7.11 Å². The smallest absolute Gasteiger partial charge is 0.283 e. The lowest BCUT2D eigenvalue weighted by Crippen LogP contribution is -2.37. The molecular formula is C21H20N4O2S. The Kier molecular flexibility index (Phi) is 4.47. The number of hydrogen-bond acceptors (Lipinski definition) is 4. The number of aromatic nitrogens is 1. The minimum absolute atomic E-state index is 0.169. The summed E-state index contributed by atoms with van der Waals surface area (Å²) in [6.45, 7) is 5.94. The van der Waals surface area contributed by atoms with Gasteiger partial charge in [-0.2, -0.15) is 4.99 Å². The maximum Gasteiger partial charge on any atom is 0.283 e. The van der Waals surface area contributed by atoms with Gasteiger partial charge in [-0.15, -0.1) is 0 Å². The number of amidine groups is 2. The summed E-state index contributed by atoms with van der Waals surface area (Å²) in [5, 5.41) is 11.0. The SMILES string of the molecule is COc1ccc(-n2c(C)cc(/C=C3\C(=N)N4C(C)=CSC4=NC3=O)c2C)cc1. The number of amides is 1. The van der Waals surface area contributed by atoms with Crippen molar-refractivity contribution in [3.05, 3.63) is 64.0 Å². The Bertz CT molecular complexity index is 1090. The first kappa shape index (κ1) is 18.3. The highest BCUT2D eigenvalue weighted by molar-refractivity contribution is 8.16. The molecule has 1 amide bonds. The van der Waals surface area contributed by atoms with E-state index in [1.807, 2.05) is 56.5 Å². The van der Waals surface area contributed by atoms with Crippen LogP contribution in [0.4, 0.5) is 0 Å². The van der Waals surface area contributed by atoms with E-state index in [0.29, 0.717) is 10.7 Å². The number of hydrogen-bond donors (Lipinski definition) is 1. The van der Waals surface area contributed by atoms with E-state index < -0.39 is 0 Å². The van der Waals surface area contributed by atoms with Gasteiger partial charge < -0.3 is 9.30 Å². The summed E-state index contributed by atoms with van der Waals surface area (Å²) in [6.07, 6.45) is 1.77. The Balaban J connectivity index is 1.75. The number of allylic oxidation sites excluding steroid dienone is 1. The van der Waals surface area contributed by atoms with E-state index in [9.17, 15) is 4.79 Å². The van der Waals surface area contributed by atoms with Crippen LogP contribution >= 0.6 is 11.8 Å². The molecule has 1 aromatic carbocycles. The van der Waals surface area contributed by atoms with Crippen molar-refractivity contribution in [2.24, 2.45) is 4.99 Å². The Hall–Kier alpha value is -3.06. The second-order valence-electron chi connectivity index (χ2n) is 6.68. The third-order valence-corrected chi connectivity index (χ3v) is 5.83. The van der Waals surface area contributed by atoms with E-state index in [2.05, 4.69) is 9.56 Å². The first-order valence-electron chi connectivity index (χ1n) is 8.81. The van der Waals surface area contributed by atoms with Crippen molar-refractivity contribution < 1.29 is 9.53 Å². The first-order valence-corrected chi connectivity index (χ1v) is 9.69.